The predicted octanol–water partition coefficient (Wildman–Crippen LogP) is 3.53. The molecule has 1 fully saturated rings. The highest BCUT2D eigenvalue weighted by Crippen LogP contribution is 2.31. The molecule has 2 aromatic rings. The SMILES string of the molecule is CCCN(CC(F)F)C(=O)C1CCN(c2oc(-c3ccco3)nc2C#N)CC1. The highest BCUT2D eigenvalue weighted by molar-refractivity contribution is 5.79. The van der Waals surface area contributed by atoms with Crippen LogP contribution in [-0.4, -0.2) is 48.4 Å². The van der Waals surface area contributed by atoms with Gasteiger partial charge in [0, 0.05) is 25.6 Å². The maximum absolute atomic E-state index is 12.8. The van der Waals surface area contributed by atoms with Gasteiger partial charge in [0.1, 0.15) is 6.07 Å². The number of rotatable bonds is 7. The molecular formula is C19H22F2N4O3. The lowest BCUT2D eigenvalue weighted by molar-refractivity contribution is -0.138. The summed E-state index contributed by atoms with van der Waals surface area (Å²) in [4.78, 5) is 19.9. The molecule has 7 nitrogen and oxygen atoms in total. The van der Waals surface area contributed by atoms with Crippen LogP contribution in [0, 0.1) is 17.2 Å². The van der Waals surface area contributed by atoms with Gasteiger partial charge in [0.05, 0.1) is 12.8 Å². The average molecular weight is 392 g/mol. The predicted molar refractivity (Wildman–Crippen MR) is 96.7 cm³/mol. The second kappa shape index (κ2) is 8.87. The number of nitrogens with zero attached hydrogens (tertiary/aromatic N) is 4. The van der Waals surface area contributed by atoms with Crippen LogP contribution in [0.3, 0.4) is 0 Å². The first kappa shape index (κ1) is 19.9. The van der Waals surface area contributed by atoms with E-state index in [1.807, 2.05) is 17.9 Å². The summed E-state index contributed by atoms with van der Waals surface area (Å²) in [5.74, 6) is 0.462. The zero-order valence-corrected chi connectivity index (χ0v) is 15.6. The molecule has 3 heterocycles. The number of anilines is 1. The molecule has 1 aliphatic heterocycles. The second-order valence-electron chi connectivity index (χ2n) is 6.70. The summed E-state index contributed by atoms with van der Waals surface area (Å²) in [6, 6.07) is 5.40. The third kappa shape index (κ3) is 4.32. The molecule has 1 aliphatic rings. The highest BCUT2D eigenvalue weighted by Gasteiger charge is 2.32. The van der Waals surface area contributed by atoms with Crippen LogP contribution in [0.15, 0.2) is 27.2 Å². The molecule has 3 rings (SSSR count). The maximum atomic E-state index is 12.8. The van der Waals surface area contributed by atoms with Crippen LogP contribution in [0.1, 0.15) is 31.9 Å². The standard InChI is InChI=1S/C19H22F2N4O3/c1-2-7-25(12-16(20)21)18(26)13-5-8-24(9-6-13)19-14(11-22)23-17(28-19)15-4-3-10-27-15/h3-4,10,13,16H,2,5-9,12H2,1H3. The Bertz CT molecular complexity index is 821. The number of oxazole rings is 1. The van der Waals surface area contributed by atoms with Gasteiger partial charge in [-0.2, -0.15) is 10.2 Å². The van der Waals surface area contributed by atoms with Gasteiger partial charge in [0.2, 0.25) is 17.5 Å². The van der Waals surface area contributed by atoms with Gasteiger partial charge in [-0.1, -0.05) is 6.92 Å². The Kier molecular flexibility index (Phi) is 6.29. The van der Waals surface area contributed by atoms with E-state index in [9.17, 15) is 18.8 Å². The lowest BCUT2D eigenvalue weighted by Crippen LogP contribution is -2.44. The normalized spacial score (nSPS) is 15.0. The van der Waals surface area contributed by atoms with E-state index in [0.29, 0.717) is 50.5 Å². The Morgan fingerprint density at radius 2 is 2.21 bits per heavy atom. The van der Waals surface area contributed by atoms with Gasteiger partial charge < -0.3 is 18.6 Å². The summed E-state index contributed by atoms with van der Waals surface area (Å²) in [6.45, 7) is 2.62. The van der Waals surface area contributed by atoms with Gasteiger partial charge >= 0.3 is 0 Å². The molecule has 0 radical (unpaired) electrons. The van der Waals surface area contributed by atoms with Gasteiger partial charge in [-0.05, 0) is 31.4 Å². The van der Waals surface area contributed by atoms with E-state index in [2.05, 4.69) is 4.98 Å². The molecule has 28 heavy (non-hydrogen) atoms. The quantitative estimate of drug-likeness (QED) is 0.717. The van der Waals surface area contributed by atoms with E-state index in [-0.39, 0.29) is 23.4 Å². The number of furan rings is 1. The number of hydrogen-bond donors (Lipinski definition) is 0. The molecule has 0 aromatic carbocycles. The first-order valence-corrected chi connectivity index (χ1v) is 9.30. The number of aromatic nitrogens is 1. The zero-order valence-electron chi connectivity index (χ0n) is 15.6. The fourth-order valence-corrected chi connectivity index (χ4v) is 3.42. The molecule has 150 valence electrons. The first-order valence-electron chi connectivity index (χ1n) is 9.30. The van der Waals surface area contributed by atoms with Gasteiger partial charge in [-0.3, -0.25) is 4.79 Å². The average Bonchev–Trinajstić information content (AvgIpc) is 3.36. The van der Waals surface area contributed by atoms with Gasteiger partial charge in [-0.25, -0.2) is 8.78 Å². The second-order valence-corrected chi connectivity index (χ2v) is 6.70. The summed E-state index contributed by atoms with van der Waals surface area (Å²) in [6.07, 6.45) is 0.594. The molecule has 0 N–H and O–H groups in total. The van der Waals surface area contributed by atoms with Crippen LogP contribution in [0.25, 0.3) is 11.7 Å². The lowest BCUT2D eigenvalue weighted by atomic mass is 9.95. The van der Waals surface area contributed by atoms with Crippen molar-refractivity contribution in [3.8, 4) is 17.7 Å². The molecule has 0 saturated carbocycles. The highest BCUT2D eigenvalue weighted by atomic mass is 19.3. The van der Waals surface area contributed by atoms with Gasteiger partial charge in [-0.15, -0.1) is 0 Å². The Morgan fingerprint density at radius 3 is 2.79 bits per heavy atom. The molecule has 0 aliphatic carbocycles. The smallest absolute Gasteiger partial charge is 0.266 e. The van der Waals surface area contributed by atoms with E-state index in [0.717, 1.165) is 0 Å². The van der Waals surface area contributed by atoms with Crippen molar-refractivity contribution in [1.29, 1.82) is 5.26 Å². The van der Waals surface area contributed by atoms with Crippen molar-refractivity contribution in [1.82, 2.24) is 9.88 Å². The van der Waals surface area contributed by atoms with E-state index in [1.54, 1.807) is 12.1 Å². The number of carbonyl (C=O) groups excluding carboxylic acids is 1. The molecular weight excluding hydrogens is 370 g/mol. The van der Waals surface area contributed by atoms with Gasteiger partial charge in [0.15, 0.2) is 5.76 Å². The third-order valence-corrected chi connectivity index (χ3v) is 4.74. The number of halogens is 2. The first-order chi connectivity index (χ1) is 13.5. The fraction of sp³-hybridized carbons (Fsp3) is 0.526. The molecule has 1 saturated heterocycles. The van der Waals surface area contributed by atoms with Crippen molar-refractivity contribution >= 4 is 11.8 Å². The maximum Gasteiger partial charge on any atom is 0.266 e. The van der Waals surface area contributed by atoms with Crippen LogP contribution in [0.2, 0.25) is 0 Å². The van der Waals surface area contributed by atoms with Gasteiger partial charge in [0.25, 0.3) is 12.3 Å². The van der Waals surface area contributed by atoms with Crippen LogP contribution in [0.5, 0.6) is 0 Å². The van der Waals surface area contributed by atoms with E-state index < -0.39 is 13.0 Å². The minimum atomic E-state index is -2.54. The number of hydrogen-bond acceptors (Lipinski definition) is 6. The summed E-state index contributed by atoms with van der Waals surface area (Å²) in [5, 5.41) is 9.35. The summed E-state index contributed by atoms with van der Waals surface area (Å²) >= 11 is 0. The third-order valence-electron chi connectivity index (χ3n) is 4.74. The number of alkyl halides is 2. The lowest BCUT2D eigenvalue weighted by Gasteiger charge is -2.34. The Morgan fingerprint density at radius 1 is 1.46 bits per heavy atom. The van der Waals surface area contributed by atoms with E-state index in [1.165, 1.54) is 11.2 Å². The minimum Gasteiger partial charge on any atom is -0.459 e. The fourth-order valence-electron chi connectivity index (χ4n) is 3.42. The van der Waals surface area contributed by atoms with E-state index in [4.69, 9.17) is 8.83 Å². The molecule has 0 atom stereocenters. The molecule has 2 aromatic heterocycles. The van der Waals surface area contributed by atoms with E-state index >= 15 is 0 Å². The number of carbonyl (C=O) groups is 1. The molecule has 1 amide bonds. The summed E-state index contributed by atoms with van der Waals surface area (Å²) in [5.41, 5.74) is 0.154. The number of nitriles is 1. The summed E-state index contributed by atoms with van der Waals surface area (Å²) < 4.78 is 36.5. The van der Waals surface area contributed by atoms with Crippen LogP contribution < -0.4 is 4.90 Å². The molecule has 0 bridgehead atoms. The zero-order chi connectivity index (χ0) is 20.1. The van der Waals surface area contributed by atoms with Crippen LogP contribution >= 0.6 is 0 Å². The van der Waals surface area contributed by atoms with Crippen molar-refractivity contribution in [3.05, 3.63) is 24.1 Å². The van der Waals surface area contributed by atoms with Crippen molar-refractivity contribution in [2.45, 2.75) is 32.6 Å². The Hall–Kier alpha value is -2.89. The molecule has 0 unspecified atom stereocenters. The van der Waals surface area contributed by atoms with Crippen molar-refractivity contribution < 1.29 is 22.4 Å². The summed E-state index contributed by atoms with van der Waals surface area (Å²) in [7, 11) is 0. The monoisotopic (exact) mass is 392 g/mol. The van der Waals surface area contributed by atoms with Crippen molar-refractivity contribution in [2.75, 3.05) is 31.1 Å². The Labute approximate surface area is 161 Å². The number of piperidine rings is 1. The van der Waals surface area contributed by atoms with Crippen LogP contribution in [-0.2, 0) is 4.79 Å². The molecule has 0 spiro atoms. The van der Waals surface area contributed by atoms with Crippen LogP contribution in [0.4, 0.5) is 14.7 Å². The molecule has 9 heteroatoms. The Balaban J connectivity index is 1.67. The number of amides is 1. The topological polar surface area (TPSA) is 86.5 Å². The largest absolute Gasteiger partial charge is 0.459 e. The minimum absolute atomic E-state index is 0.154. The van der Waals surface area contributed by atoms with Crippen molar-refractivity contribution in [3.63, 3.8) is 0 Å². The van der Waals surface area contributed by atoms with Crippen molar-refractivity contribution in [2.24, 2.45) is 5.92 Å².